The van der Waals surface area contributed by atoms with Gasteiger partial charge in [0, 0.05) is 12.6 Å². The molecule has 0 saturated carbocycles. The van der Waals surface area contributed by atoms with Crippen LogP contribution in [-0.4, -0.2) is 18.6 Å². The molecular weight excluding hydrogens is 209 g/mol. The Morgan fingerprint density at radius 1 is 1.47 bits per heavy atom. The number of halogens is 3. The number of hydrogen-bond donors (Lipinski definition) is 2. The van der Waals surface area contributed by atoms with E-state index in [4.69, 9.17) is 0 Å². The summed E-state index contributed by atoms with van der Waals surface area (Å²) < 4.78 is 35.0. The van der Waals surface area contributed by atoms with Crippen LogP contribution >= 0.6 is 0 Å². The maximum Gasteiger partial charge on any atom is 0.392 e. The summed E-state index contributed by atoms with van der Waals surface area (Å²) in [6.07, 6.45) is -3.03. The number of alkyl halides is 3. The molecule has 0 aromatic carbocycles. The number of hydrogen-bond acceptors (Lipinski definition) is 2. The average Bonchev–Trinajstić information content (AvgIpc) is 1.99. The van der Waals surface area contributed by atoms with Gasteiger partial charge in [-0.3, -0.25) is 4.79 Å². The van der Waals surface area contributed by atoms with Crippen molar-refractivity contribution < 1.29 is 18.0 Å². The average molecular weight is 222 g/mol. The molecule has 2 N–H and O–H groups in total. The molecule has 0 atom stereocenters. The van der Waals surface area contributed by atoms with E-state index in [0.717, 1.165) is 6.08 Å². The quantitative estimate of drug-likeness (QED) is 0.743. The highest BCUT2D eigenvalue weighted by atomic mass is 19.4. The van der Waals surface area contributed by atoms with Crippen molar-refractivity contribution >= 4 is 5.91 Å². The lowest BCUT2D eigenvalue weighted by Gasteiger charge is -2.05. The molecular formula is C9H13F3N2O. The van der Waals surface area contributed by atoms with Crippen LogP contribution in [-0.2, 0) is 4.79 Å². The number of amides is 1. The van der Waals surface area contributed by atoms with Gasteiger partial charge in [-0.1, -0.05) is 12.7 Å². The molecule has 0 aliphatic carbocycles. The van der Waals surface area contributed by atoms with E-state index in [0.29, 0.717) is 5.70 Å². The van der Waals surface area contributed by atoms with Crippen molar-refractivity contribution in [3.05, 3.63) is 24.6 Å². The van der Waals surface area contributed by atoms with Gasteiger partial charge < -0.3 is 10.6 Å². The predicted octanol–water partition coefficient (Wildman–Crippen LogP) is 1.69. The molecule has 1 amide bonds. The molecule has 0 aliphatic rings. The van der Waals surface area contributed by atoms with Gasteiger partial charge in [-0.2, -0.15) is 13.2 Å². The Morgan fingerprint density at radius 3 is 2.53 bits per heavy atom. The van der Waals surface area contributed by atoms with Crippen LogP contribution in [0.4, 0.5) is 13.2 Å². The second-order valence-electron chi connectivity index (χ2n) is 2.89. The fraction of sp³-hybridized carbons (Fsp3) is 0.444. The molecule has 6 heteroatoms. The molecule has 0 saturated heterocycles. The zero-order chi connectivity index (χ0) is 11.9. The van der Waals surface area contributed by atoms with Gasteiger partial charge in [0.25, 0.3) is 0 Å². The molecule has 86 valence electrons. The second kappa shape index (κ2) is 6.10. The maximum atomic E-state index is 11.7. The lowest BCUT2D eigenvalue weighted by atomic mass is 10.4. The van der Waals surface area contributed by atoms with E-state index in [1.165, 1.54) is 13.1 Å². The first-order valence-electron chi connectivity index (χ1n) is 4.22. The summed E-state index contributed by atoms with van der Waals surface area (Å²) in [4.78, 5) is 10.5. The minimum atomic E-state index is -4.19. The second-order valence-corrected chi connectivity index (χ2v) is 2.89. The van der Waals surface area contributed by atoms with Crippen molar-refractivity contribution in [1.29, 1.82) is 0 Å². The molecule has 3 nitrogen and oxygen atoms in total. The summed E-state index contributed by atoms with van der Waals surface area (Å²) in [6.45, 7) is 5.02. The lowest BCUT2D eigenvalue weighted by molar-refractivity contribution is -0.125. The number of nitrogens with one attached hydrogen (secondary N) is 2. The van der Waals surface area contributed by atoms with E-state index in [9.17, 15) is 18.0 Å². The van der Waals surface area contributed by atoms with Gasteiger partial charge in [-0.15, -0.1) is 0 Å². The van der Waals surface area contributed by atoms with Crippen molar-refractivity contribution in [2.75, 3.05) is 6.54 Å². The van der Waals surface area contributed by atoms with Gasteiger partial charge in [0.05, 0.1) is 13.0 Å². The Hall–Kier alpha value is -1.46. The molecule has 0 rings (SSSR count). The fourth-order valence-electron chi connectivity index (χ4n) is 0.751. The lowest BCUT2D eigenvalue weighted by Crippen LogP contribution is -2.25. The SMILES string of the molecule is C=C(CN/C=C\CC(F)(F)F)NC(C)=O. The van der Waals surface area contributed by atoms with Crippen LogP contribution in [0.2, 0.25) is 0 Å². The van der Waals surface area contributed by atoms with Gasteiger partial charge in [0.1, 0.15) is 0 Å². The highest BCUT2D eigenvalue weighted by Crippen LogP contribution is 2.19. The van der Waals surface area contributed by atoms with Crippen molar-refractivity contribution in [2.24, 2.45) is 0 Å². The molecule has 0 fully saturated rings. The van der Waals surface area contributed by atoms with Crippen molar-refractivity contribution in [1.82, 2.24) is 10.6 Å². The van der Waals surface area contributed by atoms with E-state index in [1.807, 2.05) is 0 Å². The summed E-state index contributed by atoms with van der Waals surface area (Å²) >= 11 is 0. The van der Waals surface area contributed by atoms with Crippen LogP contribution in [0.15, 0.2) is 24.6 Å². The minimum absolute atomic E-state index is 0.202. The monoisotopic (exact) mass is 222 g/mol. The van der Waals surface area contributed by atoms with Crippen molar-refractivity contribution in [2.45, 2.75) is 19.5 Å². The van der Waals surface area contributed by atoms with E-state index in [2.05, 4.69) is 17.2 Å². The number of allylic oxidation sites excluding steroid dienone is 1. The number of rotatable bonds is 5. The molecule has 0 unspecified atom stereocenters. The van der Waals surface area contributed by atoms with Crippen LogP contribution in [0, 0.1) is 0 Å². The smallest absolute Gasteiger partial charge is 0.386 e. The van der Waals surface area contributed by atoms with Crippen LogP contribution < -0.4 is 10.6 Å². The Balaban J connectivity index is 3.62. The standard InChI is InChI=1S/C9H13F3N2O/c1-7(14-8(2)15)6-13-5-3-4-9(10,11)12/h3,5,13H,1,4,6H2,2H3,(H,14,15)/b5-3-. The Labute approximate surface area is 86.0 Å². The molecule has 0 spiro atoms. The Kier molecular flexibility index (Phi) is 5.51. The minimum Gasteiger partial charge on any atom is -0.386 e. The first-order chi connectivity index (χ1) is 6.81. The summed E-state index contributed by atoms with van der Waals surface area (Å²) in [5, 5.41) is 4.97. The summed E-state index contributed by atoms with van der Waals surface area (Å²) in [6, 6.07) is 0. The normalized spacial score (nSPS) is 11.5. The van der Waals surface area contributed by atoms with E-state index >= 15 is 0 Å². The van der Waals surface area contributed by atoms with Gasteiger partial charge in [-0.25, -0.2) is 0 Å². The fourth-order valence-corrected chi connectivity index (χ4v) is 0.751. The summed E-state index contributed by atoms with van der Waals surface area (Å²) in [7, 11) is 0. The van der Waals surface area contributed by atoms with Crippen LogP contribution in [0.3, 0.4) is 0 Å². The van der Waals surface area contributed by atoms with Crippen LogP contribution in [0.25, 0.3) is 0 Å². The predicted molar refractivity (Wildman–Crippen MR) is 50.8 cm³/mol. The van der Waals surface area contributed by atoms with E-state index < -0.39 is 12.6 Å². The van der Waals surface area contributed by atoms with Crippen molar-refractivity contribution in [3.63, 3.8) is 0 Å². The molecule has 0 bridgehead atoms. The summed E-state index contributed by atoms with van der Waals surface area (Å²) in [5.41, 5.74) is 0.402. The number of carbonyl (C=O) groups is 1. The topological polar surface area (TPSA) is 41.1 Å². The van der Waals surface area contributed by atoms with Gasteiger partial charge in [0.15, 0.2) is 0 Å². The molecule has 15 heavy (non-hydrogen) atoms. The maximum absolute atomic E-state index is 11.7. The van der Waals surface area contributed by atoms with E-state index in [1.54, 1.807) is 0 Å². The molecule has 0 heterocycles. The van der Waals surface area contributed by atoms with Gasteiger partial charge >= 0.3 is 6.18 Å². The van der Waals surface area contributed by atoms with Gasteiger partial charge in [0.2, 0.25) is 5.91 Å². The zero-order valence-corrected chi connectivity index (χ0v) is 8.32. The third-order valence-corrected chi connectivity index (χ3v) is 1.25. The Morgan fingerprint density at radius 2 is 2.07 bits per heavy atom. The first kappa shape index (κ1) is 13.5. The molecule has 0 radical (unpaired) electrons. The van der Waals surface area contributed by atoms with Crippen LogP contribution in [0.5, 0.6) is 0 Å². The highest BCUT2D eigenvalue weighted by Gasteiger charge is 2.24. The molecule has 0 aromatic heterocycles. The third-order valence-electron chi connectivity index (χ3n) is 1.25. The zero-order valence-electron chi connectivity index (χ0n) is 8.32. The number of carbonyl (C=O) groups excluding carboxylic acids is 1. The van der Waals surface area contributed by atoms with Crippen molar-refractivity contribution in [3.8, 4) is 0 Å². The van der Waals surface area contributed by atoms with Crippen LogP contribution in [0.1, 0.15) is 13.3 Å². The summed E-state index contributed by atoms with van der Waals surface area (Å²) in [5.74, 6) is -0.263. The van der Waals surface area contributed by atoms with E-state index in [-0.39, 0.29) is 12.5 Å². The molecule has 0 aliphatic heterocycles. The molecule has 0 aromatic rings. The third kappa shape index (κ3) is 10.5. The Bertz CT molecular complexity index is 259. The van der Waals surface area contributed by atoms with Gasteiger partial charge in [-0.05, 0) is 6.20 Å². The first-order valence-corrected chi connectivity index (χ1v) is 4.22. The highest BCUT2D eigenvalue weighted by molar-refractivity contribution is 5.74. The largest absolute Gasteiger partial charge is 0.392 e.